The molecule has 3 rings (SSSR count). The monoisotopic (exact) mass is 478 g/mol. The molecule has 0 radical (unpaired) electrons. The average Bonchev–Trinajstić information content (AvgIpc) is 2.79. The first-order chi connectivity index (χ1) is 16.0. The summed E-state index contributed by atoms with van der Waals surface area (Å²) in [4.78, 5) is 26.0. The Morgan fingerprint density at radius 1 is 0.912 bits per heavy atom. The average molecular weight is 479 g/mol. The number of carboxylic acids is 1. The van der Waals surface area contributed by atoms with E-state index in [1.807, 2.05) is 45.0 Å². The number of nitrogens with zero attached hydrogens (tertiary/aromatic N) is 1. The number of nitrogens with one attached hydrogen (secondary N) is 1. The first-order valence-corrected chi connectivity index (χ1v) is 11.6. The Morgan fingerprint density at radius 3 is 2.15 bits per heavy atom. The number of benzene rings is 3. The maximum atomic E-state index is 12.7. The number of amides is 1. The van der Waals surface area contributed by atoms with Gasteiger partial charge >= 0.3 is 5.97 Å². The molecular weight excluding hydrogens is 448 g/mol. The van der Waals surface area contributed by atoms with Crippen molar-refractivity contribution in [1.82, 2.24) is 5.32 Å². The number of rotatable bonds is 7. The highest BCUT2D eigenvalue weighted by molar-refractivity contribution is 6.31. The predicted octanol–water partition coefficient (Wildman–Crippen LogP) is 6.33. The van der Waals surface area contributed by atoms with E-state index >= 15 is 0 Å². The van der Waals surface area contributed by atoms with Gasteiger partial charge in [-0.3, -0.25) is 9.59 Å². The zero-order valence-electron chi connectivity index (χ0n) is 20.4. The van der Waals surface area contributed by atoms with E-state index < -0.39 is 12.0 Å². The summed E-state index contributed by atoms with van der Waals surface area (Å²) < 4.78 is 0. The SMILES string of the molecule is Cc1cc(C(C)N(C)c2cccc(-c3cc(C)c(C(=O)N[C@@H](C)C(=O)O)c(C)c3)c2)ccc1Cl. The zero-order valence-corrected chi connectivity index (χ0v) is 21.2. The molecule has 1 amide bonds. The van der Waals surface area contributed by atoms with E-state index in [1.54, 1.807) is 0 Å². The molecule has 0 aliphatic carbocycles. The third kappa shape index (κ3) is 5.42. The van der Waals surface area contributed by atoms with E-state index in [9.17, 15) is 9.59 Å². The van der Waals surface area contributed by atoms with Crippen molar-refractivity contribution in [3.05, 3.63) is 87.4 Å². The molecule has 0 aromatic heterocycles. The number of carboxylic acid groups (broad SMARTS) is 1. The van der Waals surface area contributed by atoms with Crippen LogP contribution in [0.25, 0.3) is 11.1 Å². The van der Waals surface area contributed by atoms with Crippen molar-refractivity contribution in [3.63, 3.8) is 0 Å². The number of aryl methyl sites for hydroxylation is 3. The van der Waals surface area contributed by atoms with Gasteiger partial charge in [-0.05, 0) is 86.2 Å². The molecule has 0 spiro atoms. The lowest BCUT2D eigenvalue weighted by Crippen LogP contribution is -2.38. The molecule has 178 valence electrons. The fourth-order valence-corrected chi connectivity index (χ4v) is 4.22. The number of carbonyl (C=O) groups is 2. The Bertz CT molecular complexity index is 1220. The smallest absolute Gasteiger partial charge is 0.325 e. The van der Waals surface area contributed by atoms with Crippen LogP contribution in [0.4, 0.5) is 5.69 Å². The lowest BCUT2D eigenvalue weighted by molar-refractivity contribution is -0.138. The maximum absolute atomic E-state index is 12.7. The molecule has 5 nitrogen and oxygen atoms in total. The molecule has 2 atom stereocenters. The van der Waals surface area contributed by atoms with E-state index in [0.717, 1.165) is 38.5 Å². The van der Waals surface area contributed by atoms with Crippen molar-refractivity contribution in [2.45, 2.75) is 46.7 Å². The quantitative estimate of drug-likeness (QED) is 0.416. The molecule has 0 saturated carbocycles. The van der Waals surface area contributed by atoms with Gasteiger partial charge in [-0.25, -0.2) is 0 Å². The molecule has 6 heteroatoms. The molecule has 34 heavy (non-hydrogen) atoms. The summed E-state index contributed by atoms with van der Waals surface area (Å²) in [5.74, 6) is -1.44. The van der Waals surface area contributed by atoms with Crippen molar-refractivity contribution < 1.29 is 14.7 Å². The van der Waals surface area contributed by atoms with Crippen LogP contribution in [-0.4, -0.2) is 30.1 Å². The second kappa shape index (κ2) is 10.3. The zero-order chi connectivity index (χ0) is 25.2. The Hall–Kier alpha value is -3.31. The Kier molecular flexibility index (Phi) is 7.68. The number of halogens is 1. The van der Waals surface area contributed by atoms with Crippen LogP contribution < -0.4 is 10.2 Å². The van der Waals surface area contributed by atoms with Crippen LogP contribution in [0.1, 0.15) is 52.5 Å². The fraction of sp³-hybridized carbons (Fsp3) is 0.286. The third-order valence-electron chi connectivity index (χ3n) is 6.31. The van der Waals surface area contributed by atoms with Crippen LogP contribution in [0.15, 0.2) is 54.6 Å². The summed E-state index contributed by atoms with van der Waals surface area (Å²) in [5.41, 5.74) is 7.47. The van der Waals surface area contributed by atoms with Crippen LogP contribution in [0, 0.1) is 20.8 Å². The van der Waals surface area contributed by atoms with Crippen LogP contribution >= 0.6 is 11.6 Å². The molecule has 0 fully saturated rings. The van der Waals surface area contributed by atoms with E-state index in [1.165, 1.54) is 12.5 Å². The van der Waals surface area contributed by atoms with E-state index in [-0.39, 0.29) is 11.9 Å². The second-order valence-corrected chi connectivity index (χ2v) is 9.27. The van der Waals surface area contributed by atoms with Crippen LogP contribution in [-0.2, 0) is 4.79 Å². The number of hydrogen-bond acceptors (Lipinski definition) is 3. The second-order valence-electron chi connectivity index (χ2n) is 8.86. The van der Waals surface area contributed by atoms with Crippen LogP contribution in [0.5, 0.6) is 0 Å². The van der Waals surface area contributed by atoms with Gasteiger partial charge in [-0.1, -0.05) is 48.0 Å². The van der Waals surface area contributed by atoms with Gasteiger partial charge in [0.25, 0.3) is 5.91 Å². The Balaban J connectivity index is 1.89. The van der Waals surface area contributed by atoms with E-state index in [2.05, 4.69) is 54.5 Å². The van der Waals surface area contributed by atoms with Gasteiger partial charge in [0.2, 0.25) is 0 Å². The maximum Gasteiger partial charge on any atom is 0.325 e. The Labute approximate surface area is 206 Å². The minimum atomic E-state index is -1.07. The molecule has 0 saturated heterocycles. The van der Waals surface area contributed by atoms with E-state index in [4.69, 9.17) is 16.7 Å². The molecule has 0 bridgehead atoms. The molecular formula is C28H31ClN2O3. The first kappa shape index (κ1) is 25.3. The standard InChI is InChI=1S/C28H31ClN2O3/c1-16-12-21(10-11-25(16)29)20(5)31(6)24-9-7-8-22(15-24)23-13-17(2)26(18(3)14-23)27(32)30-19(4)28(33)34/h7-15,19-20H,1-6H3,(H,30,32)(H,33,34)/t19-,20?/m0/s1. The van der Waals surface area contributed by atoms with Crippen molar-refractivity contribution in [2.75, 3.05) is 11.9 Å². The molecule has 0 aliphatic rings. The highest BCUT2D eigenvalue weighted by Gasteiger charge is 2.20. The summed E-state index contributed by atoms with van der Waals surface area (Å²) >= 11 is 6.20. The topological polar surface area (TPSA) is 69.6 Å². The highest BCUT2D eigenvalue weighted by atomic mass is 35.5. The van der Waals surface area contributed by atoms with Gasteiger partial charge in [-0.15, -0.1) is 0 Å². The fourth-order valence-electron chi connectivity index (χ4n) is 4.10. The molecule has 1 unspecified atom stereocenters. The highest BCUT2D eigenvalue weighted by Crippen LogP contribution is 2.32. The van der Waals surface area contributed by atoms with Crippen molar-refractivity contribution >= 4 is 29.2 Å². The molecule has 3 aromatic carbocycles. The van der Waals surface area contributed by atoms with Gasteiger partial charge in [0.1, 0.15) is 6.04 Å². The number of anilines is 1. The van der Waals surface area contributed by atoms with Gasteiger partial charge < -0.3 is 15.3 Å². The van der Waals surface area contributed by atoms with Crippen molar-refractivity contribution in [3.8, 4) is 11.1 Å². The summed E-state index contributed by atoms with van der Waals surface area (Å²) in [6, 6.07) is 17.6. The normalized spacial score (nSPS) is 12.7. The predicted molar refractivity (Wildman–Crippen MR) is 139 cm³/mol. The summed E-state index contributed by atoms with van der Waals surface area (Å²) in [6.07, 6.45) is 0. The van der Waals surface area contributed by atoms with Crippen LogP contribution in [0.3, 0.4) is 0 Å². The molecule has 3 aromatic rings. The Morgan fingerprint density at radius 2 is 1.56 bits per heavy atom. The number of carbonyl (C=O) groups excluding carboxylic acids is 1. The van der Waals surface area contributed by atoms with E-state index in [0.29, 0.717) is 5.56 Å². The van der Waals surface area contributed by atoms with Crippen LogP contribution in [0.2, 0.25) is 5.02 Å². The molecule has 0 heterocycles. The third-order valence-corrected chi connectivity index (χ3v) is 6.73. The molecule has 0 aliphatic heterocycles. The summed E-state index contributed by atoms with van der Waals surface area (Å²) in [5, 5.41) is 12.4. The first-order valence-electron chi connectivity index (χ1n) is 11.2. The number of aliphatic carboxylic acids is 1. The summed E-state index contributed by atoms with van der Waals surface area (Å²) in [6.45, 7) is 9.37. The lowest BCUT2D eigenvalue weighted by atomic mass is 9.94. The summed E-state index contributed by atoms with van der Waals surface area (Å²) in [7, 11) is 2.07. The van der Waals surface area contributed by atoms with Gasteiger partial charge in [-0.2, -0.15) is 0 Å². The molecule has 2 N–H and O–H groups in total. The minimum Gasteiger partial charge on any atom is -0.480 e. The largest absolute Gasteiger partial charge is 0.480 e. The van der Waals surface area contributed by atoms with Crippen molar-refractivity contribution in [1.29, 1.82) is 0 Å². The minimum absolute atomic E-state index is 0.150. The lowest BCUT2D eigenvalue weighted by Gasteiger charge is -2.28. The van der Waals surface area contributed by atoms with Gasteiger partial charge in [0.15, 0.2) is 0 Å². The van der Waals surface area contributed by atoms with Crippen molar-refractivity contribution in [2.24, 2.45) is 0 Å². The van der Waals surface area contributed by atoms with Gasteiger partial charge in [0, 0.05) is 23.3 Å². The van der Waals surface area contributed by atoms with Gasteiger partial charge in [0.05, 0.1) is 6.04 Å². The number of hydrogen-bond donors (Lipinski definition) is 2.